The van der Waals surface area contributed by atoms with E-state index in [1.807, 2.05) is 74.5 Å². The van der Waals surface area contributed by atoms with Gasteiger partial charge in [-0.2, -0.15) is 0 Å². The first kappa shape index (κ1) is 31.1. The third kappa shape index (κ3) is 6.46. The van der Waals surface area contributed by atoms with Crippen molar-refractivity contribution >= 4 is 35.0 Å². The van der Waals surface area contributed by atoms with Gasteiger partial charge in [-0.15, -0.1) is 0 Å². The first-order valence-electron chi connectivity index (χ1n) is 14.2. The summed E-state index contributed by atoms with van der Waals surface area (Å²) >= 11 is 12.5. The molecule has 2 unspecified atom stereocenters. The van der Waals surface area contributed by atoms with Crippen LogP contribution in [0, 0.1) is 0 Å². The minimum atomic E-state index is -1.42. The Kier molecular flexibility index (Phi) is 9.48. The van der Waals surface area contributed by atoms with E-state index in [0.29, 0.717) is 53.3 Å². The van der Waals surface area contributed by atoms with Gasteiger partial charge < -0.3 is 24.4 Å². The van der Waals surface area contributed by atoms with Gasteiger partial charge in [-0.1, -0.05) is 47.5 Å². The van der Waals surface area contributed by atoms with Gasteiger partial charge in [-0.25, -0.2) is 0 Å². The zero-order valence-electron chi connectivity index (χ0n) is 24.3. The van der Waals surface area contributed by atoms with Gasteiger partial charge in [0.2, 0.25) is 5.91 Å². The van der Waals surface area contributed by atoms with Crippen LogP contribution in [-0.4, -0.2) is 72.7 Å². The Morgan fingerprint density at radius 1 is 0.884 bits per heavy atom. The van der Waals surface area contributed by atoms with Crippen molar-refractivity contribution in [3.63, 3.8) is 0 Å². The first-order valence-corrected chi connectivity index (χ1v) is 15.0. The third-order valence-corrected chi connectivity index (χ3v) is 8.37. The van der Waals surface area contributed by atoms with Gasteiger partial charge in [0.05, 0.1) is 25.3 Å². The Morgan fingerprint density at radius 2 is 1.40 bits per heavy atom. The third-order valence-electron chi connectivity index (χ3n) is 7.87. The van der Waals surface area contributed by atoms with Gasteiger partial charge in [0.1, 0.15) is 18.1 Å². The maximum absolute atomic E-state index is 14.8. The lowest BCUT2D eigenvalue weighted by molar-refractivity contribution is -0.146. The fourth-order valence-electron chi connectivity index (χ4n) is 5.75. The fraction of sp³-hybridized carbons (Fsp3) is 0.375. The zero-order valence-corrected chi connectivity index (χ0v) is 25.9. The van der Waals surface area contributed by atoms with E-state index in [2.05, 4.69) is 10.6 Å². The SMILES string of the molecule is COc1ccc(C2(C(=O)N3CCN(C(=O)CO)CC3)NC(c3ccc(Cl)cc3)C(c3ccc(Cl)cc3)N2)c(OC(C)C)c1. The molecule has 0 radical (unpaired) electrons. The van der Waals surface area contributed by atoms with Gasteiger partial charge >= 0.3 is 0 Å². The van der Waals surface area contributed by atoms with Crippen LogP contribution in [0.4, 0.5) is 0 Å². The molecule has 2 heterocycles. The number of aliphatic hydroxyl groups excluding tert-OH is 1. The number of ether oxygens (including phenoxy) is 2. The minimum absolute atomic E-state index is 0.174. The highest BCUT2D eigenvalue weighted by molar-refractivity contribution is 6.30. The number of piperazine rings is 1. The molecule has 5 rings (SSSR count). The number of hydrogen-bond donors (Lipinski definition) is 3. The van der Waals surface area contributed by atoms with Crippen molar-refractivity contribution in [1.82, 2.24) is 20.4 Å². The van der Waals surface area contributed by atoms with Gasteiger partial charge in [-0.3, -0.25) is 20.2 Å². The molecule has 43 heavy (non-hydrogen) atoms. The summed E-state index contributed by atoms with van der Waals surface area (Å²) in [5.41, 5.74) is 1.06. The molecule has 3 N–H and O–H groups in total. The normalized spacial score (nSPS) is 22.1. The van der Waals surface area contributed by atoms with Crippen molar-refractivity contribution in [2.24, 2.45) is 0 Å². The summed E-state index contributed by atoms with van der Waals surface area (Å²) in [5, 5.41) is 18.0. The molecule has 2 aliphatic heterocycles. The summed E-state index contributed by atoms with van der Waals surface area (Å²) in [6, 6.07) is 19.9. The molecule has 2 amide bonds. The molecule has 2 aliphatic rings. The topological polar surface area (TPSA) is 103 Å². The molecule has 228 valence electrons. The number of benzene rings is 3. The number of aliphatic hydroxyl groups is 1. The lowest BCUT2D eigenvalue weighted by Gasteiger charge is -2.40. The van der Waals surface area contributed by atoms with Gasteiger partial charge in [-0.05, 0) is 61.4 Å². The molecule has 0 saturated carbocycles. The van der Waals surface area contributed by atoms with E-state index in [1.54, 1.807) is 23.0 Å². The molecule has 0 aliphatic carbocycles. The second-order valence-electron chi connectivity index (χ2n) is 11.0. The van der Waals surface area contributed by atoms with E-state index in [0.717, 1.165) is 11.1 Å². The predicted octanol–water partition coefficient (Wildman–Crippen LogP) is 4.28. The molecule has 9 nitrogen and oxygen atoms in total. The molecule has 0 spiro atoms. The molecule has 11 heteroatoms. The lowest BCUT2D eigenvalue weighted by Crippen LogP contribution is -2.62. The van der Waals surface area contributed by atoms with Crippen LogP contribution in [0.15, 0.2) is 66.7 Å². The number of hydrogen-bond acceptors (Lipinski definition) is 7. The summed E-state index contributed by atoms with van der Waals surface area (Å²) in [6.45, 7) is 4.55. The molecule has 2 fully saturated rings. The standard InChI is InChI=1S/C32H36Cl2N4O5/c1-20(2)43-27-18-25(42-3)12-13-26(27)32(31(41)38-16-14-37(15-17-38)28(40)19-39)35-29(21-4-8-23(33)9-5-21)30(36-32)22-6-10-24(34)11-7-22/h4-13,18,20,29-30,35-36,39H,14-17,19H2,1-3H3. The van der Waals surface area contributed by atoms with Gasteiger partial charge in [0, 0.05) is 47.9 Å². The summed E-state index contributed by atoms with van der Waals surface area (Å²) < 4.78 is 11.8. The van der Waals surface area contributed by atoms with Crippen LogP contribution in [0.1, 0.15) is 42.6 Å². The smallest absolute Gasteiger partial charge is 0.262 e. The van der Waals surface area contributed by atoms with Crippen LogP contribution >= 0.6 is 23.2 Å². The minimum Gasteiger partial charge on any atom is -0.497 e. The van der Waals surface area contributed by atoms with E-state index in [9.17, 15) is 14.7 Å². The fourth-order valence-corrected chi connectivity index (χ4v) is 6.00. The molecule has 2 atom stereocenters. The Balaban J connectivity index is 1.64. The summed E-state index contributed by atoms with van der Waals surface area (Å²) in [4.78, 5) is 30.3. The van der Waals surface area contributed by atoms with E-state index >= 15 is 0 Å². The largest absolute Gasteiger partial charge is 0.497 e. The Morgan fingerprint density at radius 3 is 1.86 bits per heavy atom. The number of rotatable bonds is 8. The Labute approximate surface area is 261 Å². The number of nitrogens with zero attached hydrogens (tertiary/aromatic N) is 2. The molecule has 2 saturated heterocycles. The van der Waals surface area contributed by atoms with Crippen molar-refractivity contribution < 1.29 is 24.2 Å². The number of amides is 2. The van der Waals surface area contributed by atoms with Crippen LogP contribution in [0.5, 0.6) is 11.5 Å². The second kappa shape index (κ2) is 13.1. The molecule has 0 bridgehead atoms. The van der Waals surface area contributed by atoms with E-state index in [-0.39, 0.29) is 30.0 Å². The first-order chi connectivity index (χ1) is 20.6. The number of methoxy groups -OCH3 is 1. The summed E-state index contributed by atoms with van der Waals surface area (Å²) in [6.07, 6.45) is -0.174. The Bertz CT molecular complexity index is 1390. The van der Waals surface area contributed by atoms with E-state index < -0.39 is 12.3 Å². The van der Waals surface area contributed by atoms with Crippen molar-refractivity contribution in [3.8, 4) is 11.5 Å². The average molecular weight is 628 g/mol. The number of carbonyl (C=O) groups is 2. The van der Waals surface area contributed by atoms with Crippen molar-refractivity contribution in [3.05, 3.63) is 93.5 Å². The maximum Gasteiger partial charge on any atom is 0.262 e. The second-order valence-corrected chi connectivity index (χ2v) is 11.8. The number of carbonyl (C=O) groups excluding carboxylic acids is 2. The van der Waals surface area contributed by atoms with Crippen molar-refractivity contribution in [2.75, 3.05) is 39.9 Å². The predicted molar refractivity (Wildman–Crippen MR) is 165 cm³/mol. The van der Waals surface area contributed by atoms with Crippen LogP contribution in [0.3, 0.4) is 0 Å². The monoisotopic (exact) mass is 626 g/mol. The van der Waals surface area contributed by atoms with E-state index in [1.165, 1.54) is 0 Å². The molecule has 0 aromatic heterocycles. The van der Waals surface area contributed by atoms with Crippen LogP contribution in [0.25, 0.3) is 0 Å². The maximum atomic E-state index is 14.8. The molecular formula is C32H36Cl2N4O5. The highest BCUT2D eigenvalue weighted by Gasteiger charge is 2.54. The Hall–Kier alpha value is -3.34. The highest BCUT2D eigenvalue weighted by Crippen LogP contribution is 2.45. The number of nitrogens with one attached hydrogen (secondary N) is 2. The zero-order chi connectivity index (χ0) is 30.7. The lowest BCUT2D eigenvalue weighted by atomic mass is 9.95. The van der Waals surface area contributed by atoms with E-state index in [4.69, 9.17) is 32.7 Å². The average Bonchev–Trinajstić information content (AvgIpc) is 3.42. The quantitative estimate of drug-likeness (QED) is 0.343. The molecule has 3 aromatic carbocycles. The van der Waals surface area contributed by atoms with Crippen molar-refractivity contribution in [1.29, 1.82) is 0 Å². The summed E-state index contributed by atoms with van der Waals surface area (Å²) in [5.74, 6) is 0.535. The molecule has 3 aromatic rings. The van der Waals surface area contributed by atoms with Crippen molar-refractivity contribution in [2.45, 2.75) is 37.7 Å². The number of halogens is 2. The molecular weight excluding hydrogens is 591 g/mol. The van der Waals surface area contributed by atoms with Crippen LogP contribution in [0.2, 0.25) is 10.0 Å². The van der Waals surface area contributed by atoms with Gasteiger partial charge in [0.15, 0.2) is 5.66 Å². The van der Waals surface area contributed by atoms with Crippen LogP contribution < -0.4 is 20.1 Å². The summed E-state index contributed by atoms with van der Waals surface area (Å²) in [7, 11) is 1.58. The van der Waals surface area contributed by atoms with Gasteiger partial charge in [0.25, 0.3) is 5.91 Å². The highest BCUT2D eigenvalue weighted by atomic mass is 35.5. The van der Waals surface area contributed by atoms with Crippen LogP contribution in [-0.2, 0) is 15.3 Å².